The second-order valence-electron chi connectivity index (χ2n) is 7.71. The Morgan fingerprint density at radius 1 is 1.04 bits per heavy atom. The Morgan fingerprint density at radius 2 is 1.76 bits per heavy atom. The standard InChI is InChI=1S/C23H27NO/c1-4-10-23(11-5-2)20-9-7-6-8-17(20)19-14-18-15(3)22(24-25)13-16(18)12-21(19)23/h6-9,12,14-15,25H,4-5,10-11,13H2,1-3H3. The van der Waals surface area contributed by atoms with Gasteiger partial charge < -0.3 is 5.21 Å². The van der Waals surface area contributed by atoms with Crippen LogP contribution in [-0.2, 0) is 11.8 Å². The van der Waals surface area contributed by atoms with Crippen molar-refractivity contribution in [2.45, 2.75) is 64.2 Å². The molecule has 0 fully saturated rings. The van der Waals surface area contributed by atoms with Crippen LogP contribution in [-0.4, -0.2) is 10.9 Å². The van der Waals surface area contributed by atoms with Gasteiger partial charge in [0.05, 0.1) is 5.71 Å². The van der Waals surface area contributed by atoms with Gasteiger partial charge in [-0.05, 0) is 52.3 Å². The van der Waals surface area contributed by atoms with Crippen molar-refractivity contribution in [1.29, 1.82) is 0 Å². The minimum atomic E-state index is 0.146. The summed E-state index contributed by atoms with van der Waals surface area (Å²) in [5.41, 5.74) is 9.55. The van der Waals surface area contributed by atoms with Crippen LogP contribution in [0.25, 0.3) is 11.1 Å². The van der Waals surface area contributed by atoms with Crippen molar-refractivity contribution in [3.05, 3.63) is 58.7 Å². The van der Waals surface area contributed by atoms with Gasteiger partial charge in [-0.25, -0.2) is 0 Å². The van der Waals surface area contributed by atoms with Gasteiger partial charge in [0.15, 0.2) is 0 Å². The highest BCUT2D eigenvalue weighted by molar-refractivity contribution is 5.97. The SMILES string of the molecule is CCCC1(CCC)c2ccccc2-c2cc3c(cc21)CC(=NO)C3C. The van der Waals surface area contributed by atoms with E-state index in [0.29, 0.717) is 0 Å². The summed E-state index contributed by atoms with van der Waals surface area (Å²) < 4.78 is 0. The molecule has 0 aromatic heterocycles. The van der Waals surface area contributed by atoms with Gasteiger partial charge in [-0.15, -0.1) is 0 Å². The van der Waals surface area contributed by atoms with E-state index in [-0.39, 0.29) is 11.3 Å². The van der Waals surface area contributed by atoms with E-state index in [4.69, 9.17) is 0 Å². The maximum Gasteiger partial charge on any atom is 0.0686 e. The molecule has 0 radical (unpaired) electrons. The lowest BCUT2D eigenvalue weighted by Crippen LogP contribution is -2.25. The van der Waals surface area contributed by atoms with E-state index < -0.39 is 0 Å². The summed E-state index contributed by atoms with van der Waals surface area (Å²) in [6.07, 6.45) is 5.54. The number of hydrogen-bond acceptors (Lipinski definition) is 2. The van der Waals surface area contributed by atoms with Crippen LogP contribution >= 0.6 is 0 Å². The Kier molecular flexibility index (Phi) is 3.94. The summed E-state index contributed by atoms with van der Waals surface area (Å²) in [7, 11) is 0. The van der Waals surface area contributed by atoms with Gasteiger partial charge in [-0.3, -0.25) is 0 Å². The number of nitrogens with zero attached hydrogens (tertiary/aromatic N) is 1. The van der Waals surface area contributed by atoms with Crippen LogP contribution < -0.4 is 0 Å². The zero-order valence-corrected chi connectivity index (χ0v) is 15.5. The zero-order chi connectivity index (χ0) is 17.6. The van der Waals surface area contributed by atoms with Gasteiger partial charge in [0, 0.05) is 17.8 Å². The van der Waals surface area contributed by atoms with Crippen LogP contribution in [0, 0.1) is 0 Å². The van der Waals surface area contributed by atoms with Crippen LogP contribution in [0.2, 0.25) is 0 Å². The lowest BCUT2D eigenvalue weighted by molar-refractivity contribution is 0.316. The van der Waals surface area contributed by atoms with Crippen molar-refractivity contribution >= 4 is 5.71 Å². The smallest absolute Gasteiger partial charge is 0.0686 e. The predicted molar refractivity (Wildman–Crippen MR) is 104 cm³/mol. The third kappa shape index (κ3) is 2.19. The molecule has 2 aromatic rings. The summed E-state index contributed by atoms with van der Waals surface area (Å²) in [5.74, 6) is 0.213. The Morgan fingerprint density at radius 3 is 2.44 bits per heavy atom. The molecular formula is C23H27NO. The topological polar surface area (TPSA) is 32.6 Å². The van der Waals surface area contributed by atoms with Crippen LogP contribution in [0.4, 0.5) is 0 Å². The van der Waals surface area contributed by atoms with Crippen molar-refractivity contribution < 1.29 is 5.21 Å². The summed E-state index contributed by atoms with van der Waals surface area (Å²) in [5, 5.41) is 12.9. The van der Waals surface area contributed by atoms with E-state index in [1.807, 2.05) is 0 Å². The molecule has 1 atom stereocenters. The van der Waals surface area contributed by atoms with Crippen LogP contribution in [0.15, 0.2) is 41.6 Å². The van der Waals surface area contributed by atoms with Gasteiger partial charge in [0.1, 0.15) is 0 Å². The van der Waals surface area contributed by atoms with Gasteiger partial charge in [-0.2, -0.15) is 0 Å². The maximum absolute atomic E-state index is 9.34. The molecule has 4 rings (SSSR count). The molecule has 2 nitrogen and oxygen atoms in total. The molecule has 2 aromatic carbocycles. The average Bonchev–Trinajstić information content (AvgIpc) is 3.08. The number of hydrogen-bond donors (Lipinski definition) is 1. The minimum absolute atomic E-state index is 0.146. The van der Waals surface area contributed by atoms with Gasteiger partial charge >= 0.3 is 0 Å². The lowest BCUT2D eigenvalue weighted by atomic mass is 9.71. The van der Waals surface area contributed by atoms with Gasteiger partial charge in [0.2, 0.25) is 0 Å². The third-order valence-electron chi connectivity index (χ3n) is 6.35. The Balaban J connectivity index is 1.98. The Labute approximate surface area is 150 Å². The van der Waals surface area contributed by atoms with E-state index in [0.717, 1.165) is 12.1 Å². The fourth-order valence-corrected chi connectivity index (χ4v) is 5.28. The Hall–Kier alpha value is -2.09. The van der Waals surface area contributed by atoms with Crippen molar-refractivity contribution in [2.24, 2.45) is 5.16 Å². The molecule has 0 heterocycles. The molecule has 1 N–H and O–H groups in total. The number of fused-ring (bicyclic) bond motifs is 4. The van der Waals surface area contributed by atoms with E-state index in [1.54, 1.807) is 0 Å². The predicted octanol–water partition coefficient (Wildman–Crippen LogP) is 6.04. The van der Waals surface area contributed by atoms with E-state index in [9.17, 15) is 5.21 Å². The zero-order valence-electron chi connectivity index (χ0n) is 15.5. The fourth-order valence-electron chi connectivity index (χ4n) is 5.28. The van der Waals surface area contributed by atoms with Crippen molar-refractivity contribution in [3.8, 4) is 11.1 Å². The van der Waals surface area contributed by atoms with Crippen molar-refractivity contribution in [2.75, 3.05) is 0 Å². The highest BCUT2D eigenvalue weighted by Gasteiger charge is 2.43. The minimum Gasteiger partial charge on any atom is -0.411 e. The molecule has 0 spiro atoms. The van der Waals surface area contributed by atoms with Crippen LogP contribution in [0.3, 0.4) is 0 Å². The van der Waals surface area contributed by atoms with E-state index in [1.165, 1.54) is 59.1 Å². The second kappa shape index (κ2) is 6.01. The molecule has 130 valence electrons. The molecular weight excluding hydrogens is 306 g/mol. The molecule has 1 unspecified atom stereocenters. The molecule has 0 saturated heterocycles. The van der Waals surface area contributed by atoms with Crippen LogP contribution in [0.1, 0.15) is 74.6 Å². The Bertz CT molecular complexity index is 843. The third-order valence-corrected chi connectivity index (χ3v) is 6.35. The lowest BCUT2D eigenvalue weighted by Gasteiger charge is -2.32. The number of rotatable bonds is 4. The summed E-state index contributed by atoms with van der Waals surface area (Å²) >= 11 is 0. The average molecular weight is 333 g/mol. The molecule has 2 aliphatic carbocycles. The fraction of sp³-hybridized carbons (Fsp3) is 0.435. The molecule has 0 saturated carbocycles. The first-order chi connectivity index (χ1) is 12.2. The summed E-state index contributed by atoms with van der Waals surface area (Å²) in [6, 6.07) is 13.8. The van der Waals surface area contributed by atoms with Crippen LogP contribution in [0.5, 0.6) is 0 Å². The maximum atomic E-state index is 9.34. The largest absolute Gasteiger partial charge is 0.411 e. The van der Waals surface area contributed by atoms with Gasteiger partial charge in [-0.1, -0.05) is 69.1 Å². The second-order valence-corrected chi connectivity index (χ2v) is 7.71. The molecule has 25 heavy (non-hydrogen) atoms. The molecule has 0 bridgehead atoms. The number of oxime groups is 1. The molecule has 2 heteroatoms. The molecule has 2 aliphatic rings. The summed E-state index contributed by atoms with van der Waals surface area (Å²) in [4.78, 5) is 0. The summed E-state index contributed by atoms with van der Waals surface area (Å²) in [6.45, 7) is 6.74. The van der Waals surface area contributed by atoms with Crippen molar-refractivity contribution in [3.63, 3.8) is 0 Å². The van der Waals surface area contributed by atoms with Gasteiger partial charge in [0.25, 0.3) is 0 Å². The highest BCUT2D eigenvalue weighted by Crippen LogP contribution is 2.55. The van der Waals surface area contributed by atoms with E-state index >= 15 is 0 Å². The molecule has 0 amide bonds. The van der Waals surface area contributed by atoms with E-state index in [2.05, 4.69) is 62.3 Å². The molecule has 0 aliphatic heterocycles. The normalized spacial score (nSPS) is 21.2. The first-order valence-electron chi connectivity index (χ1n) is 9.64. The first-order valence-corrected chi connectivity index (χ1v) is 9.64. The quantitative estimate of drug-likeness (QED) is 0.536. The monoisotopic (exact) mass is 333 g/mol. The van der Waals surface area contributed by atoms with Crippen molar-refractivity contribution in [1.82, 2.24) is 0 Å². The first kappa shape index (κ1) is 16.4. The number of benzene rings is 2. The highest BCUT2D eigenvalue weighted by atomic mass is 16.4.